The van der Waals surface area contributed by atoms with Gasteiger partial charge in [0.25, 0.3) is 0 Å². The van der Waals surface area contributed by atoms with E-state index >= 15 is 0 Å². The lowest BCUT2D eigenvalue weighted by molar-refractivity contribution is 0.619. The molecular weight excluding hydrogens is 785 g/mol. The van der Waals surface area contributed by atoms with Gasteiger partial charge in [-0.2, -0.15) is 0 Å². The molecule has 3 aromatic heterocycles. The van der Waals surface area contributed by atoms with Crippen molar-refractivity contribution in [3.8, 4) is 67.9 Å². The van der Waals surface area contributed by atoms with Gasteiger partial charge >= 0.3 is 0 Å². The highest BCUT2D eigenvalue weighted by molar-refractivity contribution is 6.21. The van der Waals surface area contributed by atoms with Gasteiger partial charge in [0.15, 0.2) is 23.1 Å². The molecule has 0 N–H and O–H groups in total. The van der Waals surface area contributed by atoms with Crippen LogP contribution < -0.4 is 0 Å². The Morgan fingerprint density at radius 3 is 1.58 bits per heavy atom. The second-order valence-electron chi connectivity index (χ2n) is 16.1. The molecule has 0 aliphatic rings. The van der Waals surface area contributed by atoms with Crippen molar-refractivity contribution in [1.82, 2.24) is 19.9 Å². The fourth-order valence-corrected chi connectivity index (χ4v) is 9.35. The van der Waals surface area contributed by atoms with E-state index in [-0.39, 0.29) is 0 Å². The maximum atomic E-state index is 7.01. The maximum absolute atomic E-state index is 7.01. The van der Waals surface area contributed by atoms with Crippen molar-refractivity contribution >= 4 is 65.4 Å². The van der Waals surface area contributed by atoms with Crippen LogP contribution in [0.4, 0.5) is 0 Å². The standard InChI is InChI=1S/C58H34N4O2/c1-3-15-38(16-4-1)55-60-56(39-17-5-2-6-18-39)62-57(61-55)40-30-27-36(28-31-40)41-32-33-46(44-22-10-9-21-43(41)44)52-53-48(45-23-11-12-25-50(45)63-53)34-49-54(52)64-58(59-49)47-24-13-19-37-29-26-35-14-7-8-20-42(35)51(37)47/h1-34H. The molecule has 0 fully saturated rings. The highest BCUT2D eigenvalue weighted by Crippen LogP contribution is 2.46. The Morgan fingerprint density at radius 1 is 0.312 bits per heavy atom. The molecule has 3 heterocycles. The first-order chi connectivity index (χ1) is 31.7. The highest BCUT2D eigenvalue weighted by Gasteiger charge is 2.24. The lowest BCUT2D eigenvalue weighted by Crippen LogP contribution is -2.00. The van der Waals surface area contributed by atoms with Crippen molar-refractivity contribution in [2.75, 3.05) is 0 Å². The van der Waals surface area contributed by atoms with E-state index in [1.54, 1.807) is 0 Å². The van der Waals surface area contributed by atoms with E-state index in [0.717, 1.165) is 98.9 Å². The SMILES string of the molecule is c1ccc(-c2nc(-c3ccccc3)nc(-c3ccc(-c4ccc(-c5c6oc(-c7cccc8ccc9ccccc9c78)nc6cc6c5oc5ccccc56)c5ccccc45)cc3)n2)cc1. The molecule has 0 aliphatic carbocycles. The van der Waals surface area contributed by atoms with Crippen LogP contribution in [-0.2, 0) is 0 Å². The van der Waals surface area contributed by atoms with E-state index in [4.69, 9.17) is 28.8 Å². The molecule has 13 rings (SSSR count). The second-order valence-corrected chi connectivity index (χ2v) is 16.1. The van der Waals surface area contributed by atoms with E-state index in [1.807, 2.05) is 72.8 Å². The third-order valence-corrected chi connectivity index (χ3v) is 12.4. The summed E-state index contributed by atoms with van der Waals surface area (Å²) in [5.74, 6) is 2.45. The van der Waals surface area contributed by atoms with Crippen LogP contribution in [0, 0.1) is 0 Å². The molecule has 13 aromatic rings. The maximum Gasteiger partial charge on any atom is 0.227 e. The number of para-hydroxylation sites is 1. The Bertz CT molecular complexity index is 3890. The molecule has 0 saturated heterocycles. The quantitative estimate of drug-likeness (QED) is 0.156. The van der Waals surface area contributed by atoms with Gasteiger partial charge < -0.3 is 8.83 Å². The van der Waals surface area contributed by atoms with Crippen molar-refractivity contribution in [2.45, 2.75) is 0 Å². The summed E-state index contributed by atoms with van der Waals surface area (Å²) in [7, 11) is 0. The zero-order valence-corrected chi connectivity index (χ0v) is 34.2. The van der Waals surface area contributed by atoms with Crippen LogP contribution in [0.1, 0.15) is 0 Å². The molecule has 0 aliphatic heterocycles. The average molecular weight is 819 g/mol. The number of benzene rings is 10. The number of hydrogen-bond acceptors (Lipinski definition) is 6. The third-order valence-electron chi connectivity index (χ3n) is 12.4. The van der Waals surface area contributed by atoms with Crippen LogP contribution in [0.25, 0.3) is 133 Å². The highest BCUT2D eigenvalue weighted by atomic mass is 16.4. The smallest absolute Gasteiger partial charge is 0.227 e. The van der Waals surface area contributed by atoms with Crippen LogP contribution in [0.15, 0.2) is 215 Å². The summed E-state index contributed by atoms with van der Waals surface area (Å²) in [6, 6.07) is 71.1. The van der Waals surface area contributed by atoms with Crippen molar-refractivity contribution in [3.05, 3.63) is 206 Å². The molecule has 0 atom stereocenters. The van der Waals surface area contributed by atoms with Gasteiger partial charge in [0.05, 0.1) is 5.56 Å². The predicted octanol–water partition coefficient (Wildman–Crippen LogP) is 15.4. The molecule has 0 amide bonds. The average Bonchev–Trinajstić information content (AvgIpc) is 3.97. The minimum atomic E-state index is 0.570. The summed E-state index contributed by atoms with van der Waals surface area (Å²) in [5, 5.41) is 8.79. The Balaban J connectivity index is 0.972. The summed E-state index contributed by atoms with van der Waals surface area (Å²) in [6.45, 7) is 0. The first kappa shape index (κ1) is 36.0. The van der Waals surface area contributed by atoms with E-state index in [9.17, 15) is 0 Å². The summed E-state index contributed by atoms with van der Waals surface area (Å²) < 4.78 is 13.8. The van der Waals surface area contributed by atoms with Crippen LogP contribution in [0.3, 0.4) is 0 Å². The number of oxazole rings is 1. The van der Waals surface area contributed by atoms with Gasteiger partial charge in [0.1, 0.15) is 16.7 Å². The van der Waals surface area contributed by atoms with E-state index < -0.39 is 0 Å². The van der Waals surface area contributed by atoms with Crippen molar-refractivity contribution in [2.24, 2.45) is 0 Å². The van der Waals surface area contributed by atoms with Crippen LogP contribution in [0.2, 0.25) is 0 Å². The molecule has 0 radical (unpaired) electrons. The van der Waals surface area contributed by atoms with Crippen molar-refractivity contribution in [1.29, 1.82) is 0 Å². The number of nitrogens with zero attached hydrogens (tertiary/aromatic N) is 4. The summed E-state index contributed by atoms with van der Waals surface area (Å²) in [5.41, 5.74) is 10.8. The van der Waals surface area contributed by atoms with Crippen LogP contribution in [-0.4, -0.2) is 19.9 Å². The molecule has 0 unspecified atom stereocenters. The topological polar surface area (TPSA) is 77.8 Å². The largest absolute Gasteiger partial charge is 0.455 e. The third kappa shape index (κ3) is 5.81. The normalized spacial score (nSPS) is 11.8. The Hall–Kier alpha value is -8.74. The van der Waals surface area contributed by atoms with E-state index in [0.29, 0.717) is 28.9 Å². The van der Waals surface area contributed by atoms with Gasteiger partial charge in [0, 0.05) is 38.4 Å². The summed E-state index contributed by atoms with van der Waals surface area (Å²) >= 11 is 0. The van der Waals surface area contributed by atoms with Gasteiger partial charge in [-0.15, -0.1) is 0 Å². The van der Waals surface area contributed by atoms with Crippen molar-refractivity contribution < 1.29 is 8.83 Å². The number of furan rings is 1. The molecule has 0 spiro atoms. The lowest BCUT2D eigenvalue weighted by Gasteiger charge is -2.13. The Labute approximate surface area is 366 Å². The number of aromatic nitrogens is 4. The molecule has 64 heavy (non-hydrogen) atoms. The molecule has 6 nitrogen and oxygen atoms in total. The fraction of sp³-hybridized carbons (Fsp3) is 0. The van der Waals surface area contributed by atoms with Gasteiger partial charge in [-0.05, 0) is 61.8 Å². The number of rotatable bonds is 6. The summed E-state index contributed by atoms with van der Waals surface area (Å²) in [6.07, 6.45) is 0. The number of hydrogen-bond donors (Lipinski definition) is 0. The van der Waals surface area contributed by atoms with Gasteiger partial charge in [-0.1, -0.05) is 188 Å². The van der Waals surface area contributed by atoms with Crippen LogP contribution >= 0.6 is 0 Å². The van der Waals surface area contributed by atoms with Crippen molar-refractivity contribution in [3.63, 3.8) is 0 Å². The molecule has 298 valence electrons. The summed E-state index contributed by atoms with van der Waals surface area (Å²) in [4.78, 5) is 20.1. The van der Waals surface area contributed by atoms with Gasteiger partial charge in [-0.3, -0.25) is 0 Å². The molecule has 0 saturated carbocycles. The minimum absolute atomic E-state index is 0.570. The van der Waals surface area contributed by atoms with Gasteiger partial charge in [-0.25, -0.2) is 19.9 Å². The zero-order valence-electron chi connectivity index (χ0n) is 34.2. The zero-order chi connectivity index (χ0) is 42.1. The molecule has 0 bridgehead atoms. The second kappa shape index (κ2) is 14.4. The van der Waals surface area contributed by atoms with E-state index in [2.05, 4.69) is 133 Å². The van der Waals surface area contributed by atoms with Crippen LogP contribution in [0.5, 0.6) is 0 Å². The minimum Gasteiger partial charge on any atom is -0.455 e. The predicted molar refractivity (Wildman–Crippen MR) is 260 cm³/mol. The monoisotopic (exact) mass is 818 g/mol. The van der Waals surface area contributed by atoms with E-state index in [1.165, 1.54) is 5.39 Å². The first-order valence-corrected chi connectivity index (χ1v) is 21.4. The Morgan fingerprint density at radius 2 is 0.859 bits per heavy atom. The number of fused-ring (bicyclic) bond motifs is 8. The lowest BCUT2D eigenvalue weighted by atomic mass is 9.91. The Kier molecular flexibility index (Phi) is 8.11. The molecule has 6 heteroatoms. The molecular formula is C58H34N4O2. The molecule has 10 aromatic carbocycles. The fourth-order valence-electron chi connectivity index (χ4n) is 9.35. The first-order valence-electron chi connectivity index (χ1n) is 21.4. The van der Waals surface area contributed by atoms with Gasteiger partial charge in [0.2, 0.25) is 5.89 Å².